The Morgan fingerprint density at radius 1 is 1.08 bits per heavy atom. The lowest BCUT2D eigenvalue weighted by molar-refractivity contribution is -0.129. The minimum atomic E-state index is -0.335. The van der Waals surface area contributed by atoms with E-state index in [1.54, 1.807) is 55.3 Å². The van der Waals surface area contributed by atoms with E-state index in [0.717, 1.165) is 0 Å². The van der Waals surface area contributed by atoms with Crippen molar-refractivity contribution in [2.24, 2.45) is 0 Å². The highest BCUT2D eigenvalue weighted by Crippen LogP contribution is 2.18. The summed E-state index contributed by atoms with van der Waals surface area (Å²) >= 11 is 0. The monoisotopic (exact) mass is 355 g/mol. The van der Waals surface area contributed by atoms with Gasteiger partial charge in [0.25, 0.3) is 5.91 Å². The van der Waals surface area contributed by atoms with Gasteiger partial charge in [0, 0.05) is 44.9 Å². The summed E-state index contributed by atoms with van der Waals surface area (Å²) in [6.07, 6.45) is 0. The predicted molar refractivity (Wildman–Crippen MR) is 97.4 cm³/mol. The Morgan fingerprint density at radius 2 is 1.85 bits per heavy atom. The number of carbonyl (C=O) groups excluding carboxylic acids is 2. The molecule has 2 aromatic rings. The molecule has 3 rings (SSSR count). The molecule has 0 atom stereocenters. The maximum atomic E-state index is 12.3. The third-order valence-corrected chi connectivity index (χ3v) is 4.26. The Balaban J connectivity index is 1.62. The number of piperazine rings is 1. The summed E-state index contributed by atoms with van der Waals surface area (Å²) in [5.74, 6) is 1.11. The highest BCUT2D eigenvalue weighted by atomic mass is 16.5. The van der Waals surface area contributed by atoms with E-state index in [0.29, 0.717) is 43.4 Å². The Bertz CT molecular complexity index is 786. The molecule has 2 heterocycles. The molecule has 1 N–H and O–H groups in total. The lowest BCUT2D eigenvalue weighted by Crippen LogP contribution is -2.48. The van der Waals surface area contributed by atoms with Gasteiger partial charge < -0.3 is 19.9 Å². The van der Waals surface area contributed by atoms with E-state index < -0.39 is 0 Å². The number of nitrogens with zero attached hydrogens (tertiary/aromatic N) is 4. The number of carbonyl (C=O) groups is 2. The predicted octanol–water partition coefficient (Wildman–Crippen LogP) is 1.41. The van der Waals surface area contributed by atoms with Crippen molar-refractivity contribution in [1.29, 1.82) is 0 Å². The van der Waals surface area contributed by atoms with E-state index in [1.165, 1.54) is 0 Å². The topological polar surface area (TPSA) is 87.7 Å². The van der Waals surface area contributed by atoms with Gasteiger partial charge in [0.05, 0.1) is 7.11 Å². The molecule has 0 aliphatic carbocycles. The minimum absolute atomic E-state index is 0.0836. The molecule has 1 aromatic heterocycles. The highest BCUT2D eigenvalue weighted by molar-refractivity contribution is 6.02. The fraction of sp³-hybridized carbons (Fsp3) is 0.333. The summed E-state index contributed by atoms with van der Waals surface area (Å²) in [4.78, 5) is 27.5. The fourth-order valence-corrected chi connectivity index (χ4v) is 2.76. The molecular weight excluding hydrogens is 334 g/mol. The van der Waals surface area contributed by atoms with Gasteiger partial charge in [-0.25, -0.2) is 0 Å². The van der Waals surface area contributed by atoms with Crippen LogP contribution in [0.5, 0.6) is 5.75 Å². The van der Waals surface area contributed by atoms with Crippen molar-refractivity contribution in [2.45, 2.75) is 6.92 Å². The summed E-state index contributed by atoms with van der Waals surface area (Å²) in [6.45, 7) is 4.29. The molecule has 8 heteroatoms. The Labute approximate surface area is 151 Å². The van der Waals surface area contributed by atoms with E-state index in [4.69, 9.17) is 4.74 Å². The molecule has 1 saturated heterocycles. The Morgan fingerprint density at radius 3 is 2.46 bits per heavy atom. The number of hydrogen-bond donors (Lipinski definition) is 1. The van der Waals surface area contributed by atoms with Crippen LogP contribution >= 0.6 is 0 Å². The van der Waals surface area contributed by atoms with Crippen LogP contribution in [0, 0.1) is 0 Å². The number of anilines is 2. The SMILES string of the molecule is COc1cccc(NC(=O)c2ccc(N3CCN(C(C)=O)CC3)nn2)c1. The van der Waals surface area contributed by atoms with Crippen molar-refractivity contribution in [2.75, 3.05) is 43.5 Å². The molecule has 0 spiro atoms. The highest BCUT2D eigenvalue weighted by Gasteiger charge is 2.20. The summed E-state index contributed by atoms with van der Waals surface area (Å²) in [7, 11) is 1.57. The standard InChI is InChI=1S/C18H21N5O3/c1-13(24)22-8-10-23(11-9-22)17-7-6-16(20-21-17)18(25)19-14-4-3-5-15(12-14)26-2/h3-7,12H,8-11H2,1-2H3,(H,19,25). The van der Waals surface area contributed by atoms with Crippen molar-refractivity contribution in [3.8, 4) is 5.75 Å². The van der Waals surface area contributed by atoms with Gasteiger partial charge in [-0.05, 0) is 24.3 Å². The molecule has 136 valence electrons. The van der Waals surface area contributed by atoms with Crippen LogP contribution in [0.25, 0.3) is 0 Å². The normalized spacial score (nSPS) is 14.1. The van der Waals surface area contributed by atoms with Crippen LogP contribution < -0.4 is 15.0 Å². The van der Waals surface area contributed by atoms with Crippen LogP contribution in [0.2, 0.25) is 0 Å². The number of methoxy groups -OCH3 is 1. The van der Waals surface area contributed by atoms with Crippen LogP contribution in [0.3, 0.4) is 0 Å². The van der Waals surface area contributed by atoms with E-state index >= 15 is 0 Å². The lowest BCUT2D eigenvalue weighted by Gasteiger charge is -2.34. The fourth-order valence-electron chi connectivity index (χ4n) is 2.76. The molecule has 0 unspecified atom stereocenters. The third-order valence-electron chi connectivity index (χ3n) is 4.26. The molecule has 1 fully saturated rings. The number of benzene rings is 1. The Kier molecular flexibility index (Phi) is 5.31. The van der Waals surface area contributed by atoms with Gasteiger partial charge in [-0.15, -0.1) is 10.2 Å². The van der Waals surface area contributed by atoms with Crippen LogP contribution in [-0.4, -0.2) is 60.2 Å². The van der Waals surface area contributed by atoms with Gasteiger partial charge in [-0.2, -0.15) is 0 Å². The number of aromatic nitrogens is 2. The van der Waals surface area contributed by atoms with Crippen LogP contribution in [0.4, 0.5) is 11.5 Å². The number of nitrogens with one attached hydrogen (secondary N) is 1. The molecular formula is C18H21N5O3. The molecule has 2 amide bonds. The molecule has 0 saturated carbocycles. The van der Waals surface area contributed by atoms with Crippen LogP contribution in [-0.2, 0) is 4.79 Å². The number of amides is 2. The first-order valence-corrected chi connectivity index (χ1v) is 8.36. The van der Waals surface area contributed by atoms with E-state index in [1.807, 2.05) is 0 Å². The van der Waals surface area contributed by atoms with Crippen LogP contribution in [0.1, 0.15) is 17.4 Å². The van der Waals surface area contributed by atoms with Gasteiger partial charge in [-0.3, -0.25) is 9.59 Å². The first-order valence-electron chi connectivity index (χ1n) is 8.36. The molecule has 26 heavy (non-hydrogen) atoms. The average Bonchev–Trinajstić information content (AvgIpc) is 2.68. The second-order valence-electron chi connectivity index (χ2n) is 5.96. The van der Waals surface area contributed by atoms with Crippen LogP contribution in [0.15, 0.2) is 36.4 Å². The van der Waals surface area contributed by atoms with Gasteiger partial charge in [0.15, 0.2) is 11.5 Å². The van der Waals surface area contributed by atoms with Crippen molar-refractivity contribution in [3.05, 3.63) is 42.1 Å². The Hall–Kier alpha value is -3.16. The summed E-state index contributed by atoms with van der Waals surface area (Å²) < 4.78 is 5.14. The first-order chi connectivity index (χ1) is 12.6. The molecule has 1 aliphatic rings. The summed E-state index contributed by atoms with van der Waals surface area (Å²) in [6, 6.07) is 10.5. The van der Waals surface area contributed by atoms with Crippen molar-refractivity contribution in [3.63, 3.8) is 0 Å². The van der Waals surface area contributed by atoms with Gasteiger partial charge in [0.1, 0.15) is 5.75 Å². The quantitative estimate of drug-likeness (QED) is 0.892. The number of rotatable bonds is 4. The zero-order valence-corrected chi connectivity index (χ0v) is 14.8. The second kappa shape index (κ2) is 7.81. The zero-order valence-electron chi connectivity index (χ0n) is 14.8. The van der Waals surface area contributed by atoms with Crippen molar-refractivity contribution in [1.82, 2.24) is 15.1 Å². The smallest absolute Gasteiger partial charge is 0.276 e. The van der Waals surface area contributed by atoms with Gasteiger partial charge in [-0.1, -0.05) is 6.07 Å². The van der Waals surface area contributed by atoms with E-state index in [-0.39, 0.29) is 17.5 Å². The third kappa shape index (κ3) is 4.08. The molecule has 0 radical (unpaired) electrons. The summed E-state index contributed by atoms with van der Waals surface area (Å²) in [5, 5.41) is 11.0. The lowest BCUT2D eigenvalue weighted by atomic mass is 10.2. The number of hydrogen-bond acceptors (Lipinski definition) is 6. The second-order valence-corrected chi connectivity index (χ2v) is 5.96. The molecule has 0 bridgehead atoms. The first kappa shape index (κ1) is 17.7. The number of ether oxygens (including phenoxy) is 1. The van der Waals surface area contributed by atoms with Gasteiger partial charge in [0.2, 0.25) is 5.91 Å². The average molecular weight is 355 g/mol. The molecule has 1 aromatic carbocycles. The molecule has 8 nitrogen and oxygen atoms in total. The van der Waals surface area contributed by atoms with Crippen molar-refractivity contribution >= 4 is 23.3 Å². The van der Waals surface area contributed by atoms with E-state index in [9.17, 15) is 9.59 Å². The van der Waals surface area contributed by atoms with Crippen molar-refractivity contribution < 1.29 is 14.3 Å². The minimum Gasteiger partial charge on any atom is -0.497 e. The molecule has 1 aliphatic heterocycles. The summed E-state index contributed by atoms with van der Waals surface area (Å²) in [5.41, 5.74) is 0.861. The van der Waals surface area contributed by atoms with Gasteiger partial charge >= 0.3 is 0 Å². The maximum Gasteiger partial charge on any atom is 0.276 e. The largest absolute Gasteiger partial charge is 0.497 e. The zero-order chi connectivity index (χ0) is 18.5. The van der Waals surface area contributed by atoms with E-state index in [2.05, 4.69) is 20.4 Å². The maximum absolute atomic E-state index is 12.3.